The maximum atomic E-state index is 13.1. The standard InChI is InChI=1S/C23H25N3O6/c1-15(26-21(28)17-6-3-4-7-18(17)22(26)29)20(27)25-11-5-10-24(12-13-25)14-16-8-9-19(32-16)23(30)31-2/h3-4,6-9,15H,5,10-14H2,1-2H3. The molecule has 0 saturated carbocycles. The van der Waals surface area contributed by atoms with Gasteiger partial charge in [0.1, 0.15) is 11.8 Å². The Hall–Kier alpha value is -3.46. The van der Waals surface area contributed by atoms with Crippen LogP contribution in [0.2, 0.25) is 0 Å². The lowest BCUT2D eigenvalue weighted by atomic mass is 10.1. The smallest absolute Gasteiger partial charge is 0.373 e. The summed E-state index contributed by atoms with van der Waals surface area (Å²) in [4.78, 5) is 55.0. The number of esters is 1. The molecule has 168 valence electrons. The van der Waals surface area contributed by atoms with Gasteiger partial charge in [0.25, 0.3) is 11.8 Å². The van der Waals surface area contributed by atoms with E-state index < -0.39 is 23.8 Å². The minimum atomic E-state index is -0.873. The van der Waals surface area contributed by atoms with Crippen LogP contribution >= 0.6 is 0 Å². The fourth-order valence-corrected chi connectivity index (χ4v) is 4.18. The van der Waals surface area contributed by atoms with Crippen LogP contribution in [0.25, 0.3) is 0 Å². The van der Waals surface area contributed by atoms with Gasteiger partial charge in [-0.3, -0.25) is 24.2 Å². The minimum absolute atomic E-state index is 0.156. The van der Waals surface area contributed by atoms with Gasteiger partial charge in [-0.2, -0.15) is 0 Å². The van der Waals surface area contributed by atoms with Gasteiger partial charge in [0.15, 0.2) is 0 Å². The lowest BCUT2D eigenvalue weighted by molar-refractivity contribution is -0.134. The van der Waals surface area contributed by atoms with E-state index in [2.05, 4.69) is 9.64 Å². The van der Waals surface area contributed by atoms with Crippen molar-refractivity contribution in [3.8, 4) is 0 Å². The molecule has 1 fully saturated rings. The van der Waals surface area contributed by atoms with E-state index in [0.717, 1.165) is 17.9 Å². The van der Waals surface area contributed by atoms with Crippen molar-refractivity contribution in [2.75, 3.05) is 33.3 Å². The number of benzene rings is 1. The number of methoxy groups -OCH3 is 1. The minimum Gasteiger partial charge on any atom is -0.463 e. The number of rotatable bonds is 5. The fourth-order valence-electron chi connectivity index (χ4n) is 4.18. The molecule has 2 aliphatic rings. The van der Waals surface area contributed by atoms with E-state index >= 15 is 0 Å². The summed E-state index contributed by atoms with van der Waals surface area (Å²) in [6, 6.07) is 9.07. The average Bonchev–Trinajstić information content (AvgIpc) is 3.27. The highest BCUT2D eigenvalue weighted by atomic mass is 16.5. The summed E-state index contributed by atoms with van der Waals surface area (Å²) in [5, 5.41) is 0. The Kier molecular flexibility index (Phi) is 6.09. The summed E-state index contributed by atoms with van der Waals surface area (Å²) >= 11 is 0. The van der Waals surface area contributed by atoms with Crippen LogP contribution in [0.4, 0.5) is 0 Å². The fraction of sp³-hybridized carbons (Fsp3) is 0.391. The molecular formula is C23H25N3O6. The summed E-state index contributed by atoms with van der Waals surface area (Å²) in [5.74, 6) is -0.823. The SMILES string of the molecule is COC(=O)c1ccc(CN2CCCN(C(=O)C(C)N3C(=O)c4ccccc4C3=O)CC2)o1. The van der Waals surface area contributed by atoms with Gasteiger partial charge in [0.2, 0.25) is 11.7 Å². The molecule has 4 rings (SSSR count). The van der Waals surface area contributed by atoms with Gasteiger partial charge in [0.05, 0.1) is 24.8 Å². The van der Waals surface area contributed by atoms with Gasteiger partial charge in [0, 0.05) is 26.2 Å². The molecule has 2 aliphatic heterocycles. The molecule has 9 nitrogen and oxygen atoms in total. The Morgan fingerprint density at radius 2 is 1.69 bits per heavy atom. The number of hydrogen-bond acceptors (Lipinski definition) is 7. The Morgan fingerprint density at radius 3 is 2.34 bits per heavy atom. The van der Waals surface area contributed by atoms with E-state index in [9.17, 15) is 19.2 Å². The first-order chi connectivity index (χ1) is 15.4. The molecule has 0 spiro atoms. The molecular weight excluding hydrogens is 414 g/mol. The van der Waals surface area contributed by atoms with Gasteiger partial charge < -0.3 is 14.1 Å². The van der Waals surface area contributed by atoms with E-state index in [1.54, 1.807) is 48.2 Å². The molecule has 3 heterocycles. The Balaban J connectivity index is 1.37. The summed E-state index contributed by atoms with van der Waals surface area (Å²) in [6.07, 6.45) is 0.741. The van der Waals surface area contributed by atoms with Gasteiger partial charge in [-0.1, -0.05) is 12.1 Å². The topological polar surface area (TPSA) is 100 Å². The highest BCUT2D eigenvalue weighted by molar-refractivity contribution is 6.22. The highest BCUT2D eigenvalue weighted by Gasteiger charge is 2.41. The molecule has 2 aromatic rings. The van der Waals surface area contributed by atoms with Crippen LogP contribution in [0.1, 0.15) is 50.4 Å². The van der Waals surface area contributed by atoms with Crippen molar-refractivity contribution < 1.29 is 28.3 Å². The maximum Gasteiger partial charge on any atom is 0.373 e. The van der Waals surface area contributed by atoms with Crippen LogP contribution in [0.15, 0.2) is 40.8 Å². The monoisotopic (exact) mass is 439 g/mol. The van der Waals surface area contributed by atoms with E-state index in [-0.39, 0.29) is 11.7 Å². The van der Waals surface area contributed by atoms with Crippen molar-refractivity contribution >= 4 is 23.7 Å². The van der Waals surface area contributed by atoms with Crippen LogP contribution in [-0.4, -0.2) is 77.7 Å². The first kappa shape index (κ1) is 21.8. The van der Waals surface area contributed by atoms with Crippen molar-refractivity contribution in [3.05, 3.63) is 59.0 Å². The Morgan fingerprint density at radius 1 is 1.00 bits per heavy atom. The molecule has 1 atom stereocenters. The first-order valence-electron chi connectivity index (χ1n) is 10.6. The molecule has 32 heavy (non-hydrogen) atoms. The molecule has 3 amide bonds. The van der Waals surface area contributed by atoms with E-state index in [4.69, 9.17) is 4.42 Å². The van der Waals surface area contributed by atoms with Crippen molar-refractivity contribution in [2.24, 2.45) is 0 Å². The highest BCUT2D eigenvalue weighted by Crippen LogP contribution is 2.25. The van der Waals surface area contributed by atoms with E-state index in [0.29, 0.717) is 43.1 Å². The third-order valence-corrected chi connectivity index (χ3v) is 5.90. The van der Waals surface area contributed by atoms with E-state index in [1.165, 1.54) is 7.11 Å². The molecule has 1 unspecified atom stereocenters. The second kappa shape index (κ2) is 8.96. The lowest BCUT2D eigenvalue weighted by Gasteiger charge is -2.28. The summed E-state index contributed by atoms with van der Waals surface area (Å²) in [6.45, 7) is 4.47. The number of carbonyl (C=O) groups is 4. The zero-order valence-electron chi connectivity index (χ0n) is 18.1. The molecule has 1 aromatic carbocycles. The number of nitrogens with zero attached hydrogens (tertiary/aromatic N) is 3. The summed E-state index contributed by atoms with van der Waals surface area (Å²) < 4.78 is 10.2. The predicted octanol–water partition coefficient (Wildman–Crippen LogP) is 1.79. The van der Waals surface area contributed by atoms with Crippen molar-refractivity contribution in [3.63, 3.8) is 0 Å². The summed E-state index contributed by atoms with van der Waals surface area (Å²) in [7, 11) is 1.30. The number of carbonyl (C=O) groups excluding carboxylic acids is 4. The van der Waals surface area contributed by atoms with E-state index in [1.807, 2.05) is 0 Å². The average molecular weight is 439 g/mol. The van der Waals surface area contributed by atoms with Crippen molar-refractivity contribution in [1.82, 2.24) is 14.7 Å². The van der Waals surface area contributed by atoms with Crippen molar-refractivity contribution in [2.45, 2.75) is 25.9 Å². The number of furan rings is 1. The number of amides is 3. The molecule has 0 aliphatic carbocycles. The third-order valence-electron chi connectivity index (χ3n) is 5.90. The number of fused-ring (bicyclic) bond motifs is 1. The zero-order chi connectivity index (χ0) is 22.8. The molecule has 0 radical (unpaired) electrons. The third kappa shape index (κ3) is 4.03. The normalized spacial score (nSPS) is 17.8. The van der Waals surface area contributed by atoms with Crippen LogP contribution in [0, 0.1) is 0 Å². The molecule has 1 saturated heterocycles. The van der Waals surface area contributed by atoms with Crippen LogP contribution in [-0.2, 0) is 16.1 Å². The van der Waals surface area contributed by atoms with Crippen LogP contribution in [0.3, 0.4) is 0 Å². The largest absolute Gasteiger partial charge is 0.463 e. The molecule has 1 aromatic heterocycles. The maximum absolute atomic E-state index is 13.1. The van der Waals surface area contributed by atoms with Gasteiger partial charge >= 0.3 is 5.97 Å². The second-order valence-electron chi connectivity index (χ2n) is 7.91. The number of ether oxygens (including phenoxy) is 1. The summed E-state index contributed by atoms with van der Waals surface area (Å²) in [5.41, 5.74) is 0.674. The van der Waals surface area contributed by atoms with Gasteiger partial charge in [-0.25, -0.2) is 4.79 Å². The van der Waals surface area contributed by atoms with Gasteiger partial charge in [-0.15, -0.1) is 0 Å². The Bertz CT molecular complexity index is 1030. The first-order valence-corrected chi connectivity index (χ1v) is 10.6. The Labute approximate surface area is 185 Å². The number of imide groups is 1. The second-order valence-corrected chi connectivity index (χ2v) is 7.91. The van der Waals surface area contributed by atoms with Crippen molar-refractivity contribution in [1.29, 1.82) is 0 Å². The zero-order valence-corrected chi connectivity index (χ0v) is 18.1. The number of hydrogen-bond donors (Lipinski definition) is 0. The van der Waals surface area contributed by atoms with Crippen LogP contribution in [0.5, 0.6) is 0 Å². The molecule has 0 N–H and O–H groups in total. The quantitative estimate of drug-likeness (QED) is 0.517. The van der Waals surface area contributed by atoms with Gasteiger partial charge in [-0.05, 0) is 37.6 Å². The van der Waals surface area contributed by atoms with Crippen LogP contribution < -0.4 is 0 Å². The predicted molar refractivity (Wildman–Crippen MR) is 113 cm³/mol. The molecule has 9 heteroatoms. The molecule has 0 bridgehead atoms. The lowest BCUT2D eigenvalue weighted by Crippen LogP contribution is -2.50.